The quantitative estimate of drug-likeness (QED) is 0.619. The number of benzene rings is 1. The Morgan fingerprint density at radius 2 is 2.04 bits per heavy atom. The van der Waals surface area contributed by atoms with Crippen LogP contribution >= 0.6 is 11.8 Å². The van der Waals surface area contributed by atoms with E-state index in [1.54, 1.807) is 36.0 Å². The minimum absolute atomic E-state index is 0.0828. The van der Waals surface area contributed by atoms with Gasteiger partial charge < -0.3 is 10.6 Å². The molecule has 0 spiro atoms. The normalized spacial score (nSPS) is 22.0. The fourth-order valence-electron chi connectivity index (χ4n) is 3.02. The first kappa shape index (κ1) is 21.2. The zero-order valence-electron chi connectivity index (χ0n) is 15.6. The molecule has 1 amide bonds. The molecule has 8 heteroatoms. The molecular weight excluding hydrogens is 370 g/mol. The first-order valence-electron chi connectivity index (χ1n) is 8.93. The van der Waals surface area contributed by atoms with Crippen LogP contribution in [0.3, 0.4) is 0 Å². The zero-order valence-corrected chi connectivity index (χ0v) is 17.3. The van der Waals surface area contributed by atoms with Crippen molar-refractivity contribution in [1.29, 1.82) is 0 Å². The number of piperidine rings is 1. The van der Waals surface area contributed by atoms with Crippen molar-refractivity contribution < 1.29 is 13.2 Å². The molecule has 1 aromatic carbocycles. The number of amides is 1. The monoisotopic (exact) mass is 399 g/mol. The van der Waals surface area contributed by atoms with Crippen molar-refractivity contribution in [2.75, 3.05) is 18.6 Å². The molecule has 1 aromatic rings. The zero-order chi connectivity index (χ0) is 19.2. The van der Waals surface area contributed by atoms with E-state index in [9.17, 15) is 13.2 Å². The molecule has 2 rings (SSSR count). The second-order valence-corrected chi connectivity index (χ2v) is 9.55. The third kappa shape index (κ3) is 6.26. The molecule has 26 heavy (non-hydrogen) atoms. The summed E-state index contributed by atoms with van der Waals surface area (Å²) in [6.07, 6.45) is 4.11. The summed E-state index contributed by atoms with van der Waals surface area (Å²) in [7, 11) is -3.74. The van der Waals surface area contributed by atoms with Gasteiger partial charge in [-0.2, -0.15) is 16.5 Å². The number of hydrogen-bond acceptors (Lipinski definition) is 5. The Morgan fingerprint density at radius 1 is 1.35 bits per heavy atom. The van der Waals surface area contributed by atoms with Gasteiger partial charge in [0, 0.05) is 12.1 Å². The molecule has 1 aliphatic rings. The van der Waals surface area contributed by atoms with Crippen molar-refractivity contribution in [3.8, 4) is 0 Å². The number of rotatable bonds is 8. The highest BCUT2D eigenvalue weighted by atomic mass is 32.2. The van der Waals surface area contributed by atoms with Crippen molar-refractivity contribution in [2.45, 2.75) is 56.1 Å². The standard InChI is InChI=1S/C18H29N3O3S2/c1-13-4-6-16(7-5-13)26(23,24)21-17(9-11-25-3)18(22)20-15-8-10-19-14(2)12-15/h4-7,14-15,17,19,21H,8-12H2,1-3H3,(H,20,22). The van der Waals surface area contributed by atoms with E-state index in [0.29, 0.717) is 18.2 Å². The molecule has 0 aromatic heterocycles. The van der Waals surface area contributed by atoms with Crippen LogP contribution in [0.4, 0.5) is 0 Å². The minimum atomic E-state index is -3.74. The number of thioether (sulfide) groups is 1. The van der Waals surface area contributed by atoms with Crippen LogP contribution in [0.1, 0.15) is 31.7 Å². The molecule has 0 saturated carbocycles. The van der Waals surface area contributed by atoms with Crippen molar-refractivity contribution in [1.82, 2.24) is 15.4 Å². The van der Waals surface area contributed by atoms with Crippen LogP contribution in [0.2, 0.25) is 0 Å². The topological polar surface area (TPSA) is 87.3 Å². The summed E-state index contributed by atoms with van der Waals surface area (Å²) in [5.41, 5.74) is 0.987. The van der Waals surface area contributed by atoms with Gasteiger partial charge in [-0.15, -0.1) is 0 Å². The number of sulfonamides is 1. The van der Waals surface area contributed by atoms with Crippen LogP contribution in [0.25, 0.3) is 0 Å². The summed E-state index contributed by atoms with van der Waals surface area (Å²) >= 11 is 1.59. The largest absolute Gasteiger partial charge is 0.352 e. The van der Waals surface area contributed by atoms with E-state index >= 15 is 0 Å². The molecule has 1 aliphatic heterocycles. The van der Waals surface area contributed by atoms with Crippen molar-refractivity contribution in [3.63, 3.8) is 0 Å². The summed E-state index contributed by atoms with van der Waals surface area (Å²) < 4.78 is 27.9. The Kier molecular flexibility index (Phi) is 7.94. The van der Waals surface area contributed by atoms with E-state index < -0.39 is 16.1 Å². The lowest BCUT2D eigenvalue weighted by Crippen LogP contribution is -2.53. The number of nitrogens with one attached hydrogen (secondary N) is 3. The van der Waals surface area contributed by atoms with E-state index in [2.05, 4.69) is 22.3 Å². The van der Waals surface area contributed by atoms with Crippen molar-refractivity contribution in [2.24, 2.45) is 0 Å². The summed E-state index contributed by atoms with van der Waals surface area (Å²) in [6, 6.07) is 6.30. The molecule has 3 atom stereocenters. The summed E-state index contributed by atoms with van der Waals surface area (Å²) in [4.78, 5) is 12.9. The van der Waals surface area contributed by atoms with Gasteiger partial charge >= 0.3 is 0 Å². The molecule has 3 N–H and O–H groups in total. The van der Waals surface area contributed by atoms with Crippen LogP contribution in [0.15, 0.2) is 29.2 Å². The Morgan fingerprint density at radius 3 is 2.65 bits per heavy atom. The molecule has 1 saturated heterocycles. The summed E-state index contributed by atoms with van der Waals surface area (Å²) in [5, 5.41) is 6.37. The number of aryl methyl sites for hydroxylation is 1. The Bertz CT molecular complexity index is 692. The Hall–Kier alpha value is -1.09. The Balaban J connectivity index is 2.07. The average Bonchev–Trinajstić information content (AvgIpc) is 2.59. The van der Waals surface area contributed by atoms with E-state index in [0.717, 1.165) is 24.9 Å². The maximum Gasteiger partial charge on any atom is 0.241 e. The van der Waals surface area contributed by atoms with E-state index in [1.807, 2.05) is 13.2 Å². The lowest BCUT2D eigenvalue weighted by molar-refractivity contribution is -0.123. The maximum absolute atomic E-state index is 12.7. The van der Waals surface area contributed by atoms with E-state index in [1.165, 1.54) is 0 Å². The van der Waals surface area contributed by atoms with Gasteiger partial charge in [-0.3, -0.25) is 4.79 Å². The number of hydrogen-bond donors (Lipinski definition) is 3. The van der Waals surface area contributed by atoms with Gasteiger partial charge in [0.05, 0.1) is 4.90 Å². The predicted octanol–water partition coefficient (Wildman–Crippen LogP) is 1.65. The number of carbonyl (C=O) groups excluding carboxylic acids is 1. The summed E-state index contributed by atoms with van der Waals surface area (Å²) in [5.74, 6) is 0.464. The number of carbonyl (C=O) groups is 1. The van der Waals surface area contributed by atoms with Crippen molar-refractivity contribution in [3.05, 3.63) is 29.8 Å². The molecule has 1 fully saturated rings. The van der Waals surface area contributed by atoms with Crippen LogP contribution in [-0.2, 0) is 14.8 Å². The molecule has 6 nitrogen and oxygen atoms in total. The minimum Gasteiger partial charge on any atom is -0.352 e. The molecule has 0 radical (unpaired) electrons. The van der Waals surface area contributed by atoms with Crippen LogP contribution in [0.5, 0.6) is 0 Å². The van der Waals surface area contributed by atoms with Gasteiger partial charge in [-0.25, -0.2) is 8.42 Å². The highest BCUT2D eigenvalue weighted by molar-refractivity contribution is 7.98. The fourth-order valence-corrected chi connectivity index (χ4v) is 4.72. The first-order valence-corrected chi connectivity index (χ1v) is 11.8. The predicted molar refractivity (Wildman–Crippen MR) is 107 cm³/mol. The SMILES string of the molecule is CSCCC(NS(=O)(=O)c1ccc(C)cc1)C(=O)NC1CCNC(C)C1. The molecule has 146 valence electrons. The second-order valence-electron chi connectivity index (χ2n) is 6.85. The molecule has 3 unspecified atom stereocenters. The van der Waals surface area contributed by atoms with Gasteiger partial charge in [-0.1, -0.05) is 17.7 Å². The first-order chi connectivity index (χ1) is 12.3. The van der Waals surface area contributed by atoms with Gasteiger partial charge in [0.15, 0.2) is 0 Å². The Labute approximate surface area is 160 Å². The van der Waals surface area contributed by atoms with Gasteiger partial charge in [0.25, 0.3) is 0 Å². The molecule has 0 bridgehead atoms. The second kappa shape index (κ2) is 9.73. The van der Waals surface area contributed by atoms with E-state index in [-0.39, 0.29) is 16.8 Å². The average molecular weight is 400 g/mol. The fraction of sp³-hybridized carbons (Fsp3) is 0.611. The lowest BCUT2D eigenvalue weighted by Gasteiger charge is -2.30. The van der Waals surface area contributed by atoms with Crippen LogP contribution in [-0.4, -0.2) is 51.0 Å². The van der Waals surface area contributed by atoms with Crippen LogP contribution in [0, 0.1) is 6.92 Å². The molecular formula is C18H29N3O3S2. The smallest absolute Gasteiger partial charge is 0.241 e. The van der Waals surface area contributed by atoms with Gasteiger partial charge in [0.2, 0.25) is 15.9 Å². The highest BCUT2D eigenvalue weighted by Gasteiger charge is 2.28. The highest BCUT2D eigenvalue weighted by Crippen LogP contribution is 2.13. The van der Waals surface area contributed by atoms with Crippen LogP contribution < -0.4 is 15.4 Å². The van der Waals surface area contributed by atoms with Gasteiger partial charge in [-0.05, 0) is 63.8 Å². The molecule has 0 aliphatic carbocycles. The maximum atomic E-state index is 12.7. The van der Waals surface area contributed by atoms with E-state index in [4.69, 9.17) is 0 Å². The summed E-state index contributed by atoms with van der Waals surface area (Å²) in [6.45, 7) is 4.85. The van der Waals surface area contributed by atoms with Gasteiger partial charge in [0.1, 0.15) is 6.04 Å². The van der Waals surface area contributed by atoms with Crippen molar-refractivity contribution >= 4 is 27.7 Å². The molecule has 1 heterocycles. The third-order valence-electron chi connectivity index (χ3n) is 4.53. The lowest BCUT2D eigenvalue weighted by atomic mass is 10.0. The third-order valence-corrected chi connectivity index (χ3v) is 6.66.